The van der Waals surface area contributed by atoms with Gasteiger partial charge in [-0.15, -0.1) is 0 Å². The zero-order valence-corrected chi connectivity index (χ0v) is 11.3. The molecular weight excluding hydrogens is 248 g/mol. The number of hydrogen-bond acceptors (Lipinski definition) is 8. The van der Waals surface area contributed by atoms with E-state index in [-0.39, 0.29) is 6.01 Å². The number of nitrogens with two attached hydrogens (primary N) is 1. The van der Waals surface area contributed by atoms with Crippen LogP contribution >= 0.6 is 0 Å². The van der Waals surface area contributed by atoms with E-state index in [1.54, 1.807) is 0 Å². The number of anilines is 2. The zero-order chi connectivity index (χ0) is 13.7. The van der Waals surface area contributed by atoms with Crippen LogP contribution in [0.1, 0.15) is 12.8 Å². The van der Waals surface area contributed by atoms with Crippen molar-refractivity contribution in [3.63, 3.8) is 0 Å². The Kier molecular flexibility index (Phi) is 4.69. The first-order chi connectivity index (χ1) is 9.22. The predicted molar refractivity (Wildman–Crippen MR) is 71.0 cm³/mol. The van der Waals surface area contributed by atoms with Crippen molar-refractivity contribution in [1.29, 1.82) is 0 Å². The van der Waals surface area contributed by atoms with Crippen LogP contribution in [0.15, 0.2) is 0 Å². The smallest absolute Gasteiger partial charge is 0.322 e. The van der Waals surface area contributed by atoms with Crippen molar-refractivity contribution in [2.75, 3.05) is 44.2 Å². The molecule has 1 aromatic rings. The van der Waals surface area contributed by atoms with Crippen LogP contribution in [0.4, 0.5) is 11.9 Å². The number of rotatable bonds is 5. The van der Waals surface area contributed by atoms with Gasteiger partial charge < -0.3 is 14.4 Å². The van der Waals surface area contributed by atoms with Gasteiger partial charge in [-0.1, -0.05) is 0 Å². The molecule has 0 saturated carbocycles. The molecule has 0 atom stereocenters. The average molecular weight is 268 g/mol. The number of nitrogens with one attached hydrogen (secondary N) is 1. The van der Waals surface area contributed by atoms with Crippen molar-refractivity contribution in [2.24, 2.45) is 11.8 Å². The van der Waals surface area contributed by atoms with E-state index in [1.165, 1.54) is 7.11 Å². The van der Waals surface area contributed by atoms with Crippen LogP contribution in [0.5, 0.6) is 6.01 Å². The predicted octanol–water partition coefficient (Wildman–Crippen LogP) is 0.0286. The summed E-state index contributed by atoms with van der Waals surface area (Å²) in [5, 5.41) is 0. The van der Waals surface area contributed by atoms with Gasteiger partial charge in [0.2, 0.25) is 11.9 Å². The highest BCUT2D eigenvalue weighted by Crippen LogP contribution is 2.19. The summed E-state index contributed by atoms with van der Waals surface area (Å²) >= 11 is 0. The lowest BCUT2D eigenvalue weighted by atomic mass is 10.0. The first kappa shape index (κ1) is 13.8. The molecule has 19 heavy (non-hydrogen) atoms. The van der Waals surface area contributed by atoms with E-state index in [0.717, 1.165) is 32.6 Å². The maximum absolute atomic E-state index is 5.35. The number of aromatic nitrogens is 3. The van der Waals surface area contributed by atoms with E-state index in [4.69, 9.17) is 15.3 Å². The molecule has 0 radical (unpaired) electrons. The van der Waals surface area contributed by atoms with Crippen LogP contribution < -0.4 is 20.9 Å². The molecule has 1 aliphatic rings. The molecule has 3 N–H and O–H groups in total. The normalized spacial score (nSPS) is 16.2. The molecule has 0 unspecified atom stereocenters. The summed E-state index contributed by atoms with van der Waals surface area (Å²) in [7, 11) is 3.46. The third-order valence-electron chi connectivity index (χ3n) is 3.13. The molecule has 2 rings (SSSR count). The SMILES string of the molecule is COc1nc(NN)nc(N(C)CC2CCOCC2)n1. The molecule has 0 aromatic carbocycles. The fourth-order valence-corrected chi connectivity index (χ4v) is 2.07. The van der Waals surface area contributed by atoms with Crippen LogP contribution in [0, 0.1) is 5.92 Å². The Bertz CT molecular complexity index is 388. The highest BCUT2D eigenvalue weighted by atomic mass is 16.5. The lowest BCUT2D eigenvalue weighted by Gasteiger charge is -2.27. The van der Waals surface area contributed by atoms with E-state index < -0.39 is 0 Å². The van der Waals surface area contributed by atoms with E-state index in [0.29, 0.717) is 17.8 Å². The molecule has 106 valence electrons. The highest BCUT2D eigenvalue weighted by Gasteiger charge is 2.18. The number of hydrazine groups is 1. The number of ether oxygens (including phenoxy) is 2. The molecule has 0 spiro atoms. The summed E-state index contributed by atoms with van der Waals surface area (Å²) in [6.07, 6.45) is 2.13. The van der Waals surface area contributed by atoms with E-state index in [9.17, 15) is 0 Å². The van der Waals surface area contributed by atoms with Crippen molar-refractivity contribution >= 4 is 11.9 Å². The second-order valence-electron chi connectivity index (χ2n) is 4.53. The van der Waals surface area contributed by atoms with Gasteiger partial charge in [-0.3, -0.25) is 5.43 Å². The Morgan fingerprint density at radius 1 is 1.37 bits per heavy atom. The summed E-state index contributed by atoms with van der Waals surface area (Å²) in [6, 6.07) is 0.247. The third kappa shape index (κ3) is 3.65. The van der Waals surface area contributed by atoms with Gasteiger partial charge in [0.05, 0.1) is 7.11 Å². The first-order valence-corrected chi connectivity index (χ1v) is 6.28. The molecule has 8 nitrogen and oxygen atoms in total. The minimum Gasteiger partial charge on any atom is -0.467 e. The summed E-state index contributed by atoms with van der Waals surface area (Å²) in [5.41, 5.74) is 2.41. The molecule has 1 aliphatic heterocycles. The fourth-order valence-electron chi connectivity index (χ4n) is 2.07. The van der Waals surface area contributed by atoms with Gasteiger partial charge in [0, 0.05) is 26.8 Å². The summed E-state index contributed by atoms with van der Waals surface area (Å²) < 4.78 is 10.4. The Hall–Kier alpha value is -1.67. The molecule has 1 fully saturated rings. The van der Waals surface area contributed by atoms with Gasteiger partial charge in [-0.05, 0) is 18.8 Å². The quantitative estimate of drug-likeness (QED) is 0.570. The summed E-state index contributed by atoms with van der Waals surface area (Å²) in [6.45, 7) is 2.53. The van der Waals surface area contributed by atoms with Gasteiger partial charge in [0.25, 0.3) is 0 Å². The highest BCUT2D eigenvalue weighted by molar-refractivity contribution is 5.36. The maximum Gasteiger partial charge on any atom is 0.322 e. The molecule has 0 amide bonds. The zero-order valence-electron chi connectivity index (χ0n) is 11.3. The Morgan fingerprint density at radius 3 is 2.74 bits per heavy atom. The van der Waals surface area contributed by atoms with E-state index >= 15 is 0 Å². The summed E-state index contributed by atoms with van der Waals surface area (Å²) in [5.74, 6) is 6.77. The second-order valence-corrected chi connectivity index (χ2v) is 4.53. The van der Waals surface area contributed by atoms with Crippen LogP contribution in [0.3, 0.4) is 0 Å². The monoisotopic (exact) mass is 268 g/mol. The largest absolute Gasteiger partial charge is 0.467 e. The number of nitrogen functional groups attached to an aromatic ring is 1. The first-order valence-electron chi connectivity index (χ1n) is 6.28. The molecular formula is C11H20N6O2. The average Bonchev–Trinajstić information content (AvgIpc) is 2.47. The van der Waals surface area contributed by atoms with Crippen molar-refractivity contribution in [3.8, 4) is 6.01 Å². The van der Waals surface area contributed by atoms with Crippen molar-refractivity contribution in [1.82, 2.24) is 15.0 Å². The topological polar surface area (TPSA) is 98.4 Å². The van der Waals surface area contributed by atoms with Gasteiger partial charge in [0.15, 0.2) is 0 Å². The Morgan fingerprint density at radius 2 is 2.11 bits per heavy atom. The minimum absolute atomic E-state index is 0.247. The second kappa shape index (κ2) is 6.48. The standard InChI is InChI=1S/C11H20N6O2/c1-17(7-8-3-5-19-6-4-8)10-13-9(16-12)14-11(15-10)18-2/h8H,3-7,12H2,1-2H3,(H,13,14,15,16). The Balaban J connectivity index is 2.06. The fraction of sp³-hybridized carbons (Fsp3) is 0.727. The van der Waals surface area contributed by atoms with E-state index in [2.05, 4.69) is 20.4 Å². The molecule has 1 aromatic heterocycles. The Labute approximate surface area is 112 Å². The maximum atomic E-state index is 5.35. The van der Waals surface area contributed by atoms with Gasteiger partial charge in [0.1, 0.15) is 0 Å². The summed E-state index contributed by atoms with van der Waals surface area (Å²) in [4.78, 5) is 14.4. The van der Waals surface area contributed by atoms with Gasteiger partial charge in [-0.25, -0.2) is 5.84 Å². The lowest BCUT2D eigenvalue weighted by molar-refractivity contribution is 0.0684. The lowest BCUT2D eigenvalue weighted by Crippen LogP contribution is -2.31. The van der Waals surface area contributed by atoms with Crippen molar-refractivity contribution in [3.05, 3.63) is 0 Å². The number of hydrogen-bond donors (Lipinski definition) is 2. The number of methoxy groups -OCH3 is 1. The van der Waals surface area contributed by atoms with Crippen LogP contribution in [0.25, 0.3) is 0 Å². The van der Waals surface area contributed by atoms with Gasteiger partial charge >= 0.3 is 6.01 Å². The van der Waals surface area contributed by atoms with E-state index in [1.807, 2.05) is 11.9 Å². The molecule has 1 saturated heterocycles. The van der Waals surface area contributed by atoms with Crippen molar-refractivity contribution < 1.29 is 9.47 Å². The van der Waals surface area contributed by atoms with Crippen LogP contribution in [-0.4, -0.2) is 48.9 Å². The number of nitrogens with zero attached hydrogens (tertiary/aromatic N) is 4. The minimum atomic E-state index is 0.247. The third-order valence-corrected chi connectivity index (χ3v) is 3.13. The van der Waals surface area contributed by atoms with Crippen molar-refractivity contribution in [2.45, 2.75) is 12.8 Å². The molecule has 0 bridgehead atoms. The van der Waals surface area contributed by atoms with Crippen LogP contribution in [0.2, 0.25) is 0 Å². The molecule has 8 heteroatoms. The molecule has 2 heterocycles. The van der Waals surface area contributed by atoms with Crippen LogP contribution in [-0.2, 0) is 4.74 Å². The van der Waals surface area contributed by atoms with Gasteiger partial charge in [-0.2, -0.15) is 15.0 Å². The molecule has 0 aliphatic carbocycles.